The maximum atomic E-state index is 14.0. The van der Waals surface area contributed by atoms with Crippen molar-refractivity contribution in [3.8, 4) is 0 Å². The summed E-state index contributed by atoms with van der Waals surface area (Å²) in [4.78, 5) is 0. The molecular formula is C15H23FN2. The van der Waals surface area contributed by atoms with Crippen LogP contribution in [-0.4, -0.2) is 19.1 Å². The maximum Gasteiger partial charge on any atom is 0.128 e. The normalized spacial score (nSPS) is 19.1. The van der Waals surface area contributed by atoms with Crippen molar-refractivity contribution < 1.29 is 4.39 Å². The average molecular weight is 250 g/mol. The van der Waals surface area contributed by atoms with Crippen molar-refractivity contribution in [2.45, 2.75) is 38.1 Å². The van der Waals surface area contributed by atoms with Gasteiger partial charge in [-0.25, -0.2) is 9.40 Å². The van der Waals surface area contributed by atoms with E-state index in [2.05, 4.69) is 10.4 Å². The van der Waals surface area contributed by atoms with Gasteiger partial charge in [-0.2, -0.15) is 0 Å². The van der Waals surface area contributed by atoms with Crippen molar-refractivity contribution in [3.63, 3.8) is 0 Å². The van der Waals surface area contributed by atoms with E-state index in [1.54, 1.807) is 12.1 Å². The molecule has 2 nitrogen and oxygen atoms in total. The minimum Gasteiger partial charge on any atom is -0.258 e. The Labute approximate surface area is 109 Å². The second-order valence-electron chi connectivity index (χ2n) is 5.20. The van der Waals surface area contributed by atoms with Crippen LogP contribution in [0.5, 0.6) is 0 Å². The van der Waals surface area contributed by atoms with Crippen LogP contribution < -0.4 is 5.43 Å². The van der Waals surface area contributed by atoms with E-state index in [-0.39, 0.29) is 11.9 Å². The van der Waals surface area contributed by atoms with Crippen LogP contribution in [0, 0.1) is 11.7 Å². The number of hydrogen-bond donors (Lipinski definition) is 1. The van der Waals surface area contributed by atoms with Crippen LogP contribution in [-0.2, 0) is 0 Å². The second kappa shape index (κ2) is 6.30. The third kappa shape index (κ3) is 2.90. The Hall–Kier alpha value is -0.930. The monoisotopic (exact) mass is 250 g/mol. The van der Waals surface area contributed by atoms with Crippen LogP contribution in [0.15, 0.2) is 24.3 Å². The number of rotatable bonds is 4. The minimum atomic E-state index is -0.0878. The maximum absolute atomic E-state index is 14.0. The quantitative estimate of drug-likeness (QED) is 0.823. The lowest BCUT2D eigenvalue weighted by Crippen LogP contribution is -2.39. The lowest BCUT2D eigenvalue weighted by atomic mass is 9.81. The fraction of sp³-hybridized carbons (Fsp3) is 0.600. The van der Waals surface area contributed by atoms with E-state index in [1.807, 2.05) is 26.2 Å². The minimum absolute atomic E-state index is 0.0878. The topological polar surface area (TPSA) is 15.3 Å². The number of benzene rings is 1. The summed E-state index contributed by atoms with van der Waals surface area (Å²) in [7, 11) is 3.91. The molecule has 3 heteroatoms. The molecule has 1 aromatic carbocycles. The molecule has 1 fully saturated rings. The summed E-state index contributed by atoms with van der Waals surface area (Å²) < 4.78 is 14.0. The molecule has 2 rings (SSSR count). The first-order chi connectivity index (χ1) is 8.74. The highest BCUT2D eigenvalue weighted by Crippen LogP contribution is 2.37. The van der Waals surface area contributed by atoms with E-state index in [4.69, 9.17) is 0 Å². The largest absolute Gasteiger partial charge is 0.258 e. The zero-order valence-electron chi connectivity index (χ0n) is 11.3. The molecule has 0 aromatic heterocycles. The third-order valence-electron chi connectivity index (χ3n) is 4.09. The summed E-state index contributed by atoms with van der Waals surface area (Å²) >= 11 is 0. The van der Waals surface area contributed by atoms with Crippen molar-refractivity contribution in [1.29, 1.82) is 0 Å². The number of hydrazine groups is 1. The molecule has 1 aliphatic carbocycles. The van der Waals surface area contributed by atoms with Gasteiger partial charge in [-0.1, -0.05) is 37.5 Å². The van der Waals surface area contributed by atoms with Crippen LogP contribution in [0.4, 0.5) is 4.39 Å². The summed E-state index contributed by atoms with van der Waals surface area (Å²) in [6, 6.07) is 7.31. The molecular weight excluding hydrogens is 227 g/mol. The molecule has 1 aliphatic rings. The third-order valence-corrected chi connectivity index (χ3v) is 4.09. The molecule has 100 valence electrons. The molecule has 0 spiro atoms. The predicted octanol–water partition coefficient (Wildman–Crippen LogP) is 3.51. The Morgan fingerprint density at radius 1 is 1.22 bits per heavy atom. The summed E-state index contributed by atoms with van der Waals surface area (Å²) in [5.41, 5.74) is 3.98. The standard InChI is InChI=1S/C15H23FN2/c1-17-18(2)15(12-8-4-3-5-9-12)13-10-6-7-11-14(13)16/h6-7,10-12,15,17H,3-5,8-9H2,1-2H3. The van der Waals surface area contributed by atoms with Crippen LogP contribution in [0.1, 0.15) is 43.7 Å². The fourth-order valence-corrected chi connectivity index (χ4v) is 3.08. The first-order valence-electron chi connectivity index (χ1n) is 6.88. The Kier molecular flexibility index (Phi) is 4.72. The Bertz CT molecular complexity index is 375. The molecule has 1 saturated carbocycles. The Balaban J connectivity index is 2.27. The molecule has 0 amide bonds. The zero-order chi connectivity index (χ0) is 13.0. The van der Waals surface area contributed by atoms with Crippen molar-refractivity contribution in [1.82, 2.24) is 10.4 Å². The molecule has 1 aromatic rings. The van der Waals surface area contributed by atoms with E-state index in [0.717, 1.165) is 5.56 Å². The molecule has 0 saturated heterocycles. The molecule has 1 N–H and O–H groups in total. The first kappa shape index (κ1) is 13.5. The van der Waals surface area contributed by atoms with Crippen LogP contribution in [0.3, 0.4) is 0 Å². The van der Waals surface area contributed by atoms with E-state index in [9.17, 15) is 4.39 Å². The Morgan fingerprint density at radius 2 is 1.89 bits per heavy atom. The summed E-state index contributed by atoms with van der Waals surface area (Å²) in [6.45, 7) is 0. The van der Waals surface area contributed by atoms with Crippen LogP contribution in [0.2, 0.25) is 0 Å². The summed E-state index contributed by atoms with van der Waals surface area (Å²) in [5.74, 6) is 0.461. The van der Waals surface area contributed by atoms with Gasteiger partial charge in [-0.05, 0) is 31.9 Å². The van der Waals surface area contributed by atoms with Gasteiger partial charge < -0.3 is 0 Å². The van der Waals surface area contributed by atoms with Crippen molar-refractivity contribution >= 4 is 0 Å². The van der Waals surface area contributed by atoms with Gasteiger partial charge in [-0.3, -0.25) is 5.43 Å². The smallest absolute Gasteiger partial charge is 0.128 e. The van der Waals surface area contributed by atoms with E-state index < -0.39 is 0 Å². The lowest BCUT2D eigenvalue weighted by Gasteiger charge is -2.36. The average Bonchev–Trinajstić information content (AvgIpc) is 2.42. The van der Waals surface area contributed by atoms with Crippen molar-refractivity contribution in [2.75, 3.05) is 14.1 Å². The molecule has 1 unspecified atom stereocenters. The van der Waals surface area contributed by atoms with Gasteiger partial charge in [0.15, 0.2) is 0 Å². The van der Waals surface area contributed by atoms with Gasteiger partial charge in [0.1, 0.15) is 5.82 Å². The number of nitrogens with one attached hydrogen (secondary N) is 1. The summed E-state index contributed by atoms with van der Waals surface area (Å²) in [6.07, 6.45) is 6.26. The van der Waals surface area contributed by atoms with Gasteiger partial charge >= 0.3 is 0 Å². The van der Waals surface area contributed by atoms with Crippen molar-refractivity contribution in [2.24, 2.45) is 5.92 Å². The molecule has 1 atom stereocenters. The van der Waals surface area contributed by atoms with Gasteiger partial charge in [0.2, 0.25) is 0 Å². The zero-order valence-corrected chi connectivity index (χ0v) is 11.3. The van der Waals surface area contributed by atoms with E-state index in [0.29, 0.717) is 5.92 Å². The first-order valence-corrected chi connectivity index (χ1v) is 6.88. The summed E-state index contributed by atoms with van der Waals surface area (Å²) in [5, 5.41) is 2.05. The highest BCUT2D eigenvalue weighted by atomic mass is 19.1. The Morgan fingerprint density at radius 3 is 2.50 bits per heavy atom. The number of nitrogens with zero attached hydrogens (tertiary/aromatic N) is 1. The molecule has 0 bridgehead atoms. The van der Waals surface area contributed by atoms with E-state index >= 15 is 0 Å². The van der Waals surface area contributed by atoms with Crippen molar-refractivity contribution in [3.05, 3.63) is 35.6 Å². The molecule has 0 radical (unpaired) electrons. The van der Waals surface area contributed by atoms with Gasteiger partial charge in [0.25, 0.3) is 0 Å². The van der Waals surface area contributed by atoms with Gasteiger partial charge in [0, 0.05) is 12.6 Å². The molecule has 18 heavy (non-hydrogen) atoms. The van der Waals surface area contributed by atoms with E-state index in [1.165, 1.54) is 32.1 Å². The SMILES string of the molecule is CNN(C)C(c1ccccc1F)C1CCCCC1. The lowest BCUT2D eigenvalue weighted by molar-refractivity contribution is 0.102. The fourth-order valence-electron chi connectivity index (χ4n) is 3.08. The highest BCUT2D eigenvalue weighted by molar-refractivity contribution is 5.22. The molecule has 0 aliphatic heterocycles. The highest BCUT2D eigenvalue weighted by Gasteiger charge is 2.29. The van der Waals surface area contributed by atoms with Gasteiger partial charge in [0.05, 0.1) is 6.04 Å². The number of hydrogen-bond acceptors (Lipinski definition) is 2. The molecule has 0 heterocycles. The van der Waals surface area contributed by atoms with Crippen LogP contribution >= 0.6 is 0 Å². The number of halogens is 1. The van der Waals surface area contributed by atoms with Crippen LogP contribution in [0.25, 0.3) is 0 Å². The van der Waals surface area contributed by atoms with Gasteiger partial charge in [-0.15, -0.1) is 0 Å². The predicted molar refractivity (Wildman–Crippen MR) is 72.5 cm³/mol. The second-order valence-corrected chi connectivity index (χ2v) is 5.20.